The van der Waals surface area contributed by atoms with Crippen molar-refractivity contribution in [3.05, 3.63) is 71.9 Å². The lowest BCUT2D eigenvalue weighted by atomic mass is 10.2. The van der Waals surface area contributed by atoms with Crippen LogP contribution in [0.3, 0.4) is 0 Å². The molecule has 6 heteroatoms. The van der Waals surface area contributed by atoms with Gasteiger partial charge in [-0.05, 0) is 48.9 Å². The Bertz CT molecular complexity index is 940. The van der Waals surface area contributed by atoms with Crippen molar-refractivity contribution in [1.29, 1.82) is 0 Å². The highest BCUT2D eigenvalue weighted by atomic mass is 16.5. The van der Waals surface area contributed by atoms with Gasteiger partial charge in [-0.25, -0.2) is 4.98 Å². The number of carbonyl (C=O) groups excluding carboxylic acids is 1. The van der Waals surface area contributed by atoms with Gasteiger partial charge in [-0.3, -0.25) is 4.79 Å². The van der Waals surface area contributed by atoms with Crippen LogP contribution in [0, 0.1) is 6.92 Å². The third kappa shape index (κ3) is 4.55. The van der Waals surface area contributed by atoms with Gasteiger partial charge < -0.3 is 20.1 Å². The molecule has 138 valence electrons. The molecule has 27 heavy (non-hydrogen) atoms. The minimum atomic E-state index is -0.251. The fourth-order valence-electron chi connectivity index (χ4n) is 2.56. The summed E-state index contributed by atoms with van der Waals surface area (Å²) >= 11 is 0. The zero-order valence-corrected chi connectivity index (χ0v) is 15.4. The largest absolute Gasteiger partial charge is 0.497 e. The van der Waals surface area contributed by atoms with Gasteiger partial charge in [-0.15, -0.1) is 0 Å². The number of nitrogens with zero attached hydrogens (tertiary/aromatic N) is 1. The third-order valence-electron chi connectivity index (χ3n) is 3.97. The van der Waals surface area contributed by atoms with Crippen molar-refractivity contribution in [2.24, 2.45) is 0 Å². The minimum Gasteiger partial charge on any atom is -0.497 e. The maximum Gasteiger partial charge on any atom is 0.257 e. The van der Waals surface area contributed by atoms with Crippen molar-refractivity contribution in [3.63, 3.8) is 0 Å². The van der Waals surface area contributed by atoms with Gasteiger partial charge >= 0.3 is 0 Å². The molecule has 0 aliphatic heterocycles. The van der Waals surface area contributed by atoms with Crippen LogP contribution in [-0.2, 0) is 0 Å². The summed E-state index contributed by atoms with van der Waals surface area (Å²) in [4.78, 5) is 16.8. The second-order valence-corrected chi connectivity index (χ2v) is 5.95. The summed E-state index contributed by atoms with van der Waals surface area (Å²) < 4.78 is 10.5. The van der Waals surface area contributed by atoms with E-state index in [2.05, 4.69) is 15.6 Å². The summed E-state index contributed by atoms with van der Waals surface area (Å²) in [5, 5.41) is 6.04. The van der Waals surface area contributed by atoms with Crippen molar-refractivity contribution in [1.82, 2.24) is 4.98 Å². The van der Waals surface area contributed by atoms with Crippen LogP contribution in [0.1, 0.15) is 15.9 Å². The summed E-state index contributed by atoms with van der Waals surface area (Å²) in [5.41, 5.74) is 2.96. The van der Waals surface area contributed by atoms with Gasteiger partial charge in [0.05, 0.1) is 25.5 Å². The van der Waals surface area contributed by atoms with Crippen molar-refractivity contribution in [2.45, 2.75) is 6.92 Å². The van der Waals surface area contributed by atoms with Crippen LogP contribution in [0.4, 0.5) is 17.2 Å². The number of aromatic nitrogens is 1. The van der Waals surface area contributed by atoms with Crippen molar-refractivity contribution < 1.29 is 14.3 Å². The van der Waals surface area contributed by atoms with Crippen LogP contribution in [0.2, 0.25) is 0 Å². The Balaban J connectivity index is 1.71. The van der Waals surface area contributed by atoms with E-state index in [9.17, 15) is 4.79 Å². The molecule has 1 heterocycles. The Morgan fingerprint density at radius 1 is 1.00 bits per heavy atom. The molecule has 3 rings (SSSR count). The lowest BCUT2D eigenvalue weighted by Crippen LogP contribution is -2.13. The molecule has 1 amide bonds. The van der Waals surface area contributed by atoms with E-state index in [0.717, 1.165) is 17.0 Å². The Labute approximate surface area is 158 Å². The second kappa shape index (κ2) is 8.23. The standard InChI is InChI=1S/C21H21N3O3/c1-14-7-9-19(27-3)18(11-14)24-21(25)15-8-10-20(22-13-15)23-16-5-4-6-17(12-16)26-2/h4-13H,1-3H3,(H,22,23)(H,24,25). The normalized spacial score (nSPS) is 10.2. The van der Waals surface area contributed by atoms with Crippen LogP contribution in [0.25, 0.3) is 0 Å². The highest BCUT2D eigenvalue weighted by Gasteiger charge is 2.11. The molecular formula is C21H21N3O3. The number of carbonyl (C=O) groups is 1. The minimum absolute atomic E-state index is 0.251. The number of anilines is 3. The van der Waals surface area contributed by atoms with E-state index in [4.69, 9.17) is 9.47 Å². The first-order valence-electron chi connectivity index (χ1n) is 8.42. The lowest BCUT2D eigenvalue weighted by molar-refractivity contribution is 0.102. The predicted molar refractivity (Wildman–Crippen MR) is 106 cm³/mol. The van der Waals surface area contributed by atoms with Gasteiger partial charge in [-0.1, -0.05) is 12.1 Å². The smallest absolute Gasteiger partial charge is 0.257 e. The maximum absolute atomic E-state index is 12.5. The van der Waals surface area contributed by atoms with Crippen LogP contribution in [-0.4, -0.2) is 25.1 Å². The summed E-state index contributed by atoms with van der Waals surface area (Å²) in [6.45, 7) is 1.95. The molecule has 0 saturated heterocycles. The van der Waals surface area contributed by atoms with Gasteiger partial charge in [0.25, 0.3) is 5.91 Å². The van der Waals surface area contributed by atoms with E-state index in [0.29, 0.717) is 22.8 Å². The number of methoxy groups -OCH3 is 2. The van der Waals surface area contributed by atoms with E-state index in [-0.39, 0.29) is 5.91 Å². The topological polar surface area (TPSA) is 72.5 Å². The van der Waals surface area contributed by atoms with E-state index in [1.807, 2.05) is 49.4 Å². The summed E-state index contributed by atoms with van der Waals surface area (Å²) in [6, 6.07) is 16.6. The molecular weight excluding hydrogens is 342 g/mol. The van der Waals surface area contributed by atoms with Gasteiger partial charge in [0.2, 0.25) is 0 Å². The zero-order chi connectivity index (χ0) is 19.2. The fourth-order valence-corrected chi connectivity index (χ4v) is 2.56. The van der Waals surface area contributed by atoms with E-state index < -0.39 is 0 Å². The molecule has 0 unspecified atom stereocenters. The highest BCUT2D eigenvalue weighted by molar-refractivity contribution is 6.05. The molecule has 3 aromatic rings. The predicted octanol–water partition coefficient (Wildman–Crippen LogP) is 4.40. The second-order valence-electron chi connectivity index (χ2n) is 5.95. The third-order valence-corrected chi connectivity index (χ3v) is 3.97. The number of rotatable bonds is 6. The molecule has 0 aliphatic carbocycles. The van der Waals surface area contributed by atoms with Gasteiger partial charge in [-0.2, -0.15) is 0 Å². The quantitative estimate of drug-likeness (QED) is 0.679. The van der Waals surface area contributed by atoms with Crippen LogP contribution in [0.15, 0.2) is 60.8 Å². The number of hydrogen-bond acceptors (Lipinski definition) is 5. The first kappa shape index (κ1) is 18.3. The van der Waals surface area contributed by atoms with E-state index in [1.165, 1.54) is 6.20 Å². The molecule has 6 nitrogen and oxygen atoms in total. The number of amides is 1. The lowest BCUT2D eigenvalue weighted by Gasteiger charge is -2.11. The summed E-state index contributed by atoms with van der Waals surface area (Å²) in [7, 11) is 3.19. The monoisotopic (exact) mass is 363 g/mol. The molecule has 0 bridgehead atoms. The number of aryl methyl sites for hydroxylation is 1. The SMILES string of the molecule is COc1cccc(Nc2ccc(C(=O)Nc3cc(C)ccc3OC)cn2)c1. The van der Waals surface area contributed by atoms with E-state index >= 15 is 0 Å². The van der Waals surface area contributed by atoms with Gasteiger partial charge in [0.15, 0.2) is 0 Å². The van der Waals surface area contributed by atoms with Crippen LogP contribution >= 0.6 is 0 Å². The first-order valence-corrected chi connectivity index (χ1v) is 8.42. The number of pyridine rings is 1. The Kier molecular flexibility index (Phi) is 5.56. The number of benzene rings is 2. The van der Waals surface area contributed by atoms with Crippen LogP contribution < -0.4 is 20.1 Å². The van der Waals surface area contributed by atoms with E-state index in [1.54, 1.807) is 26.4 Å². The van der Waals surface area contributed by atoms with Gasteiger partial charge in [0, 0.05) is 18.0 Å². The molecule has 0 saturated carbocycles. The van der Waals surface area contributed by atoms with Crippen LogP contribution in [0.5, 0.6) is 11.5 Å². The number of ether oxygens (including phenoxy) is 2. The van der Waals surface area contributed by atoms with Crippen molar-refractivity contribution in [2.75, 3.05) is 24.9 Å². The van der Waals surface area contributed by atoms with Crippen molar-refractivity contribution >= 4 is 23.1 Å². The molecule has 0 fully saturated rings. The molecule has 0 radical (unpaired) electrons. The van der Waals surface area contributed by atoms with Gasteiger partial charge in [0.1, 0.15) is 17.3 Å². The fraction of sp³-hybridized carbons (Fsp3) is 0.143. The molecule has 0 spiro atoms. The highest BCUT2D eigenvalue weighted by Crippen LogP contribution is 2.26. The van der Waals surface area contributed by atoms with Crippen molar-refractivity contribution in [3.8, 4) is 11.5 Å². The maximum atomic E-state index is 12.5. The Morgan fingerprint density at radius 2 is 1.85 bits per heavy atom. The molecule has 0 aliphatic rings. The Morgan fingerprint density at radius 3 is 2.56 bits per heavy atom. The first-order chi connectivity index (χ1) is 13.1. The number of nitrogens with one attached hydrogen (secondary N) is 2. The number of hydrogen-bond donors (Lipinski definition) is 2. The average molecular weight is 363 g/mol. The molecule has 2 aromatic carbocycles. The average Bonchev–Trinajstić information content (AvgIpc) is 2.69. The molecule has 0 atom stereocenters. The summed E-state index contributed by atoms with van der Waals surface area (Å²) in [5.74, 6) is 1.74. The molecule has 1 aromatic heterocycles. The zero-order valence-electron chi connectivity index (χ0n) is 15.4. The summed E-state index contributed by atoms with van der Waals surface area (Å²) in [6.07, 6.45) is 1.53. The Hall–Kier alpha value is -3.54. The molecule has 2 N–H and O–H groups in total.